The molecule has 0 atom stereocenters. The van der Waals surface area contributed by atoms with E-state index in [1.807, 2.05) is 24.3 Å². The Hall–Kier alpha value is -2.04. The van der Waals surface area contributed by atoms with Gasteiger partial charge < -0.3 is 15.2 Å². The van der Waals surface area contributed by atoms with Crippen molar-refractivity contribution in [3.8, 4) is 5.75 Å². The van der Waals surface area contributed by atoms with Crippen LogP contribution in [0.3, 0.4) is 0 Å². The van der Waals surface area contributed by atoms with Gasteiger partial charge in [-0.05, 0) is 36.5 Å². The quantitative estimate of drug-likeness (QED) is 0.652. The Morgan fingerprint density at radius 2 is 1.95 bits per heavy atom. The molecule has 2 N–H and O–H groups in total. The predicted octanol–water partition coefficient (Wildman–Crippen LogP) is 2.98. The molecule has 0 aromatic heterocycles. The van der Waals surface area contributed by atoms with Crippen LogP contribution < -0.4 is 10.1 Å². The normalized spacial score (nSPS) is 10.5. The molecule has 122 valence electrons. The average molecular weight is 307 g/mol. The van der Waals surface area contributed by atoms with Gasteiger partial charge in [0.2, 0.25) is 5.91 Å². The smallest absolute Gasteiger partial charge is 0.303 e. The second-order valence-corrected chi connectivity index (χ2v) is 5.73. The first kappa shape index (κ1) is 18.0. The molecule has 0 bridgehead atoms. The van der Waals surface area contributed by atoms with Gasteiger partial charge >= 0.3 is 5.97 Å². The average Bonchev–Trinajstić information content (AvgIpc) is 2.48. The highest BCUT2D eigenvalue weighted by Crippen LogP contribution is 2.14. The molecule has 5 nitrogen and oxygen atoms in total. The van der Waals surface area contributed by atoms with E-state index < -0.39 is 5.97 Å². The van der Waals surface area contributed by atoms with Crippen LogP contribution in [0.2, 0.25) is 0 Å². The summed E-state index contributed by atoms with van der Waals surface area (Å²) in [5.74, 6) is 0.397. The van der Waals surface area contributed by atoms with E-state index in [4.69, 9.17) is 9.84 Å². The van der Waals surface area contributed by atoms with E-state index in [2.05, 4.69) is 19.2 Å². The molecule has 0 saturated carbocycles. The number of rotatable bonds is 10. The fraction of sp³-hybridized carbons (Fsp3) is 0.529. The molecule has 1 rings (SSSR count). The molecule has 0 aliphatic heterocycles. The molecule has 1 aromatic carbocycles. The third-order valence-electron chi connectivity index (χ3n) is 3.02. The number of hydrogen-bond acceptors (Lipinski definition) is 3. The zero-order chi connectivity index (χ0) is 16.4. The monoisotopic (exact) mass is 307 g/mol. The highest BCUT2D eigenvalue weighted by molar-refractivity contribution is 5.75. The molecule has 0 aliphatic carbocycles. The molecule has 22 heavy (non-hydrogen) atoms. The van der Waals surface area contributed by atoms with Crippen LogP contribution >= 0.6 is 0 Å². The second-order valence-electron chi connectivity index (χ2n) is 5.73. The van der Waals surface area contributed by atoms with Gasteiger partial charge in [-0.25, -0.2) is 0 Å². The van der Waals surface area contributed by atoms with Crippen LogP contribution in [0.4, 0.5) is 0 Å². The lowest BCUT2D eigenvalue weighted by atomic mass is 10.1. The number of carboxylic acid groups (broad SMARTS) is 1. The maximum absolute atomic E-state index is 11.7. The first-order valence-electron chi connectivity index (χ1n) is 7.67. The van der Waals surface area contributed by atoms with Crippen molar-refractivity contribution < 1.29 is 19.4 Å². The predicted molar refractivity (Wildman–Crippen MR) is 84.7 cm³/mol. The summed E-state index contributed by atoms with van der Waals surface area (Å²) < 4.78 is 5.65. The molecular formula is C17H25NO4. The van der Waals surface area contributed by atoms with Gasteiger partial charge in [-0.1, -0.05) is 26.0 Å². The van der Waals surface area contributed by atoms with Crippen molar-refractivity contribution in [2.24, 2.45) is 5.92 Å². The summed E-state index contributed by atoms with van der Waals surface area (Å²) in [4.78, 5) is 22.0. The maximum Gasteiger partial charge on any atom is 0.303 e. The number of hydrogen-bond donors (Lipinski definition) is 2. The van der Waals surface area contributed by atoms with Gasteiger partial charge in [0.15, 0.2) is 0 Å². The maximum atomic E-state index is 11.7. The van der Waals surface area contributed by atoms with Gasteiger partial charge in [0.05, 0.1) is 6.61 Å². The fourth-order valence-corrected chi connectivity index (χ4v) is 1.86. The largest absolute Gasteiger partial charge is 0.493 e. The van der Waals surface area contributed by atoms with Gasteiger partial charge in [-0.3, -0.25) is 9.59 Å². The molecule has 0 unspecified atom stereocenters. The van der Waals surface area contributed by atoms with Crippen LogP contribution in [0.25, 0.3) is 0 Å². The fourth-order valence-electron chi connectivity index (χ4n) is 1.86. The van der Waals surface area contributed by atoms with Crippen LogP contribution in [0, 0.1) is 5.92 Å². The summed E-state index contributed by atoms with van der Waals surface area (Å²) in [7, 11) is 0. The Kier molecular flexibility index (Phi) is 8.04. The Morgan fingerprint density at radius 1 is 1.23 bits per heavy atom. The molecule has 0 heterocycles. The topological polar surface area (TPSA) is 75.6 Å². The summed E-state index contributed by atoms with van der Waals surface area (Å²) in [5.41, 5.74) is 0.986. The first-order chi connectivity index (χ1) is 10.5. The first-order valence-corrected chi connectivity index (χ1v) is 7.67. The number of unbranched alkanes of at least 4 members (excludes halogenated alkanes) is 1. The zero-order valence-electron chi connectivity index (χ0n) is 13.3. The Labute approximate surface area is 131 Å². The van der Waals surface area contributed by atoms with Gasteiger partial charge in [0, 0.05) is 19.4 Å². The summed E-state index contributed by atoms with van der Waals surface area (Å²) in [5, 5.41) is 11.4. The van der Waals surface area contributed by atoms with Crippen LogP contribution in [0.5, 0.6) is 5.75 Å². The number of carbonyl (C=O) groups is 2. The molecule has 1 amide bonds. The van der Waals surface area contributed by atoms with Crippen molar-refractivity contribution in [2.75, 3.05) is 6.61 Å². The van der Waals surface area contributed by atoms with Gasteiger partial charge in [-0.2, -0.15) is 0 Å². The summed E-state index contributed by atoms with van der Waals surface area (Å²) >= 11 is 0. The van der Waals surface area contributed by atoms with Gasteiger partial charge in [0.1, 0.15) is 5.75 Å². The van der Waals surface area contributed by atoms with E-state index in [1.54, 1.807) is 0 Å². The van der Waals surface area contributed by atoms with E-state index >= 15 is 0 Å². The summed E-state index contributed by atoms with van der Waals surface area (Å²) in [6.07, 6.45) is 1.59. The SMILES string of the molecule is CC(C)COc1cccc(CNC(=O)CCCCC(=O)O)c1. The molecule has 0 spiro atoms. The number of ether oxygens (including phenoxy) is 1. The molecule has 0 saturated heterocycles. The molecule has 0 radical (unpaired) electrons. The number of carbonyl (C=O) groups excluding carboxylic acids is 1. The van der Waals surface area contributed by atoms with Crippen molar-refractivity contribution in [1.29, 1.82) is 0 Å². The number of amides is 1. The molecule has 0 fully saturated rings. The van der Waals surface area contributed by atoms with Crippen molar-refractivity contribution in [2.45, 2.75) is 46.1 Å². The summed E-state index contributed by atoms with van der Waals surface area (Å²) in [6.45, 7) is 5.30. The number of carboxylic acids is 1. The van der Waals surface area contributed by atoms with E-state index in [0.717, 1.165) is 11.3 Å². The minimum atomic E-state index is -0.821. The lowest BCUT2D eigenvalue weighted by molar-refractivity contribution is -0.137. The Morgan fingerprint density at radius 3 is 2.64 bits per heavy atom. The zero-order valence-corrected chi connectivity index (χ0v) is 13.3. The van der Waals surface area contributed by atoms with Gasteiger partial charge in [0.25, 0.3) is 0 Å². The van der Waals surface area contributed by atoms with Crippen LogP contribution in [-0.2, 0) is 16.1 Å². The third kappa shape index (κ3) is 8.29. The van der Waals surface area contributed by atoms with Crippen LogP contribution in [0.1, 0.15) is 45.1 Å². The third-order valence-corrected chi connectivity index (χ3v) is 3.02. The number of benzene rings is 1. The highest BCUT2D eigenvalue weighted by atomic mass is 16.5. The van der Waals surface area contributed by atoms with Crippen molar-refractivity contribution in [3.05, 3.63) is 29.8 Å². The van der Waals surface area contributed by atoms with E-state index in [9.17, 15) is 9.59 Å². The lowest BCUT2D eigenvalue weighted by Crippen LogP contribution is -2.22. The standard InChI is InChI=1S/C17H25NO4/c1-13(2)12-22-15-7-5-6-14(10-15)11-18-16(19)8-3-4-9-17(20)21/h5-7,10,13H,3-4,8-9,11-12H2,1-2H3,(H,18,19)(H,20,21). The van der Waals surface area contributed by atoms with Crippen LogP contribution in [0.15, 0.2) is 24.3 Å². The van der Waals surface area contributed by atoms with Crippen molar-refractivity contribution in [3.63, 3.8) is 0 Å². The number of nitrogens with one attached hydrogen (secondary N) is 1. The Bertz CT molecular complexity index is 485. The molecule has 1 aromatic rings. The number of aliphatic carboxylic acids is 1. The van der Waals surface area contributed by atoms with Crippen LogP contribution in [-0.4, -0.2) is 23.6 Å². The highest BCUT2D eigenvalue weighted by Gasteiger charge is 2.04. The molecule has 5 heteroatoms. The summed E-state index contributed by atoms with van der Waals surface area (Å²) in [6, 6.07) is 7.67. The van der Waals surface area contributed by atoms with E-state index in [-0.39, 0.29) is 12.3 Å². The van der Waals surface area contributed by atoms with E-state index in [1.165, 1.54) is 0 Å². The molecular weight excluding hydrogens is 282 g/mol. The second kappa shape index (κ2) is 9.82. The van der Waals surface area contributed by atoms with Gasteiger partial charge in [-0.15, -0.1) is 0 Å². The lowest BCUT2D eigenvalue weighted by Gasteiger charge is -2.10. The van der Waals surface area contributed by atoms with Crippen molar-refractivity contribution >= 4 is 11.9 Å². The van der Waals surface area contributed by atoms with E-state index in [0.29, 0.717) is 38.3 Å². The Balaban J connectivity index is 2.30. The molecule has 0 aliphatic rings. The minimum Gasteiger partial charge on any atom is -0.493 e. The van der Waals surface area contributed by atoms with Crippen molar-refractivity contribution in [1.82, 2.24) is 5.32 Å². The minimum absolute atomic E-state index is 0.0566.